The lowest BCUT2D eigenvalue weighted by atomic mass is 10.2. The highest BCUT2D eigenvalue weighted by Gasteiger charge is 1.86. The van der Waals surface area contributed by atoms with Gasteiger partial charge in [-0.2, -0.15) is 15.4 Å². The summed E-state index contributed by atoms with van der Waals surface area (Å²) in [6.07, 6.45) is 5.55. The molecule has 0 amide bonds. The summed E-state index contributed by atoms with van der Waals surface area (Å²) in [5.41, 5.74) is 0.837. The highest BCUT2D eigenvalue weighted by Crippen LogP contribution is 1.99. The van der Waals surface area contributed by atoms with Gasteiger partial charge in [0.05, 0.1) is 17.3 Å². The van der Waals surface area contributed by atoms with E-state index >= 15 is 0 Å². The maximum atomic E-state index is 9.89. The summed E-state index contributed by atoms with van der Waals surface area (Å²) >= 11 is 0. The Morgan fingerprint density at radius 2 is 1.81 bits per heavy atom. The predicted molar refractivity (Wildman–Crippen MR) is 58.9 cm³/mol. The normalized spacial score (nSPS) is 9.50. The van der Waals surface area contributed by atoms with E-state index in [-0.39, 0.29) is 0 Å². The van der Waals surface area contributed by atoms with Crippen molar-refractivity contribution < 1.29 is 4.92 Å². The van der Waals surface area contributed by atoms with Gasteiger partial charge < -0.3 is 0 Å². The van der Waals surface area contributed by atoms with Crippen molar-refractivity contribution in [2.45, 2.75) is 0 Å². The van der Waals surface area contributed by atoms with Gasteiger partial charge in [0.25, 0.3) is 0 Å². The van der Waals surface area contributed by atoms with Crippen LogP contribution in [0.3, 0.4) is 0 Å². The van der Waals surface area contributed by atoms with Gasteiger partial charge >= 0.3 is 0 Å². The lowest BCUT2D eigenvalue weighted by Gasteiger charge is -1.86. The molecule has 1 heterocycles. The van der Waals surface area contributed by atoms with Crippen molar-refractivity contribution in [3.05, 3.63) is 64.6 Å². The zero-order valence-corrected chi connectivity index (χ0v) is 8.35. The molecule has 0 saturated carbocycles. The molecule has 0 radical (unpaired) electrons. The highest BCUT2D eigenvalue weighted by atomic mass is 16.6. The Morgan fingerprint density at radius 3 is 2.25 bits per heavy atom. The second kappa shape index (κ2) is 6.88. The van der Waals surface area contributed by atoms with Crippen LogP contribution in [0.4, 0.5) is 0 Å². The number of benzene rings is 1. The summed E-state index contributed by atoms with van der Waals surface area (Å²) < 4.78 is 0. The first-order chi connectivity index (χ1) is 7.79. The smallest absolute Gasteiger partial charge is 0.235 e. The van der Waals surface area contributed by atoms with E-state index in [1.165, 1.54) is 6.08 Å². The van der Waals surface area contributed by atoms with Crippen LogP contribution in [-0.2, 0) is 0 Å². The minimum absolute atomic E-state index is 0.479. The van der Waals surface area contributed by atoms with Gasteiger partial charge in [0.1, 0.15) is 0 Å². The highest BCUT2D eigenvalue weighted by molar-refractivity contribution is 5.47. The fourth-order valence-electron chi connectivity index (χ4n) is 0.878. The Labute approximate surface area is 91.8 Å². The Hall–Kier alpha value is -2.50. The lowest BCUT2D eigenvalue weighted by Crippen LogP contribution is -1.81. The number of nitro groups is 1. The summed E-state index contributed by atoms with van der Waals surface area (Å²) in [4.78, 5) is 9.41. The fourth-order valence-corrected chi connectivity index (χ4v) is 0.878. The second-order valence-corrected chi connectivity index (χ2v) is 2.67. The molecule has 16 heavy (non-hydrogen) atoms. The molecule has 0 aliphatic heterocycles. The number of aromatic nitrogens is 3. The van der Waals surface area contributed by atoms with E-state index in [1.54, 1.807) is 24.5 Å². The maximum Gasteiger partial charge on any atom is 0.235 e. The van der Waals surface area contributed by atoms with Crippen molar-refractivity contribution in [3.63, 3.8) is 0 Å². The van der Waals surface area contributed by atoms with E-state index in [0.29, 0.717) is 0 Å². The van der Waals surface area contributed by atoms with Crippen LogP contribution in [0.5, 0.6) is 0 Å². The molecule has 6 nitrogen and oxygen atoms in total. The lowest BCUT2D eigenvalue weighted by molar-refractivity contribution is -0.400. The van der Waals surface area contributed by atoms with Crippen LogP contribution >= 0.6 is 0 Å². The van der Waals surface area contributed by atoms with Gasteiger partial charge in [-0.15, -0.1) is 0 Å². The molecule has 2 rings (SSSR count). The number of H-pyrrole nitrogens is 1. The number of nitrogens with zero attached hydrogens (tertiary/aromatic N) is 3. The van der Waals surface area contributed by atoms with Crippen molar-refractivity contribution in [1.29, 1.82) is 0 Å². The zero-order valence-electron chi connectivity index (χ0n) is 8.35. The number of hydrogen-bond donors (Lipinski definition) is 1. The molecule has 0 atom stereocenters. The van der Waals surface area contributed by atoms with Crippen LogP contribution in [-0.4, -0.2) is 20.3 Å². The average Bonchev–Trinajstić information content (AvgIpc) is 2.86. The Morgan fingerprint density at radius 1 is 1.19 bits per heavy atom. The molecule has 0 saturated heterocycles. The molecule has 1 aromatic carbocycles. The maximum absolute atomic E-state index is 9.89. The van der Waals surface area contributed by atoms with Crippen LogP contribution in [0, 0.1) is 10.1 Å². The average molecular weight is 218 g/mol. The summed E-state index contributed by atoms with van der Waals surface area (Å²) in [5, 5.41) is 19.2. The summed E-state index contributed by atoms with van der Waals surface area (Å²) in [6, 6.07) is 9.14. The zero-order chi connectivity index (χ0) is 11.6. The van der Waals surface area contributed by atoms with Gasteiger partial charge in [0.15, 0.2) is 0 Å². The van der Waals surface area contributed by atoms with Crippen LogP contribution in [0.15, 0.2) is 48.9 Å². The third kappa shape index (κ3) is 5.28. The third-order valence-electron chi connectivity index (χ3n) is 1.52. The van der Waals surface area contributed by atoms with E-state index in [9.17, 15) is 10.1 Å². The summed E-state index contributed by atoms with van der Waals surface area (Å²) in [5.74, 6) is 0. The monoisotopic (exact) mass is 218 g/mol. The predicted octanol–water partition coefficient (Wildman–Crippen LogP) is 1.74. The standard InChI is InChI=1S/C8H7NO2.C2H3N3/c10-9(11)7-6-8-4-2-1-3-5-8;1-2-4-5-3-1/h1-7H;1-2H,(H,3,4,5). The van der Waals surface area contributed by atoms with E-state index in [0.717, 1.165) is 11.8 Å². The van der Waals surface area contributed by atoms with Gasteiger partial charge in [-0.1, -0.05) is 30.3 Å². The van der Waals surface area contributed by atoms with Crippen LogP contribution in [0.25, 0.3) is 6.08 Å². The third-order valence-corrected chi connectivity index (χ3v) is 1.52. The Kier molecular flexibility index (Phi) is 4.98. The summed E-state index contributed by atoms with van der Waals surface area (Å²) in [7, 11) is 0. The molecule has 0 fully saturated rings. The molecule has 0 bridgehead atoms. The van der Waals surface area contributed by atoms with E-state index < -0.39 is 4.92 Å². The molecule has 0 aliphatic carbocycles. The van der Waals surface area contributed by atoms with E-state index in [4.69, 9.17) is 0 Å². The van der Waals surface area contributed by atoms with E-state index in [2.05, 4.69) is 15.4 Å². The quantitative estimate of drug-likeness (QED) is 0.614. The number of aromatic amines is 1. The Bertz CT molecular complexity index is 408. The molecule has 82 valence electrons. The van der Waals surface area contributed by atoms with Gasteiger partial charge in [-0.25, -0.2) is 0 Å². The molecule has 0 spiro atoms. The summed E-state index contributed by atoms with van der Waals surface area (Å²) in [6.45, 7) is 0. The van der Waals surface area contributed by atoms with Crippen molar-refractivity contribution in [2.75, 3.05) is 0 Å². The molecule has 1 aromatic heterocycles. The minimum Gasteiger partial charge on any atom is -0.259 e. The number of rotatable bonds is 2. The molecular formula is C10H10N4O2. The van der Waals surface area contributed by atoms with Crippen LogP contribution in [0.1, 0.15) is 5.56 Å². The van der Waals surface area contributed by atoms with Crippen molar-refractivity contribution in [1.82, 2.24) is 15.4 Å². The molecule has 1 N–H and O–H groups in total. The first-order valence-electron chi connectivity index (χ1n) is 4.45. The minimum atomic E-state index is -0.479. The Balaban J connectivity index is 0.000000212. The topological polar surface area (TPSA) is 84.7 Å². The van der Waals surface area contributed by atoms with Gasteiger partial charge in [0, 0.05) is 6.08 Å². The van der Waals surface area contributed by atoms with Gasteiger partial charge in [0.2, 0.25) is 6.20 Å². The molecular weight excluding hydrogens is 208 g/mol. The first kappa shape index (κ1) is 11.6. The largest absolute Gasteiger partial charge is 0.259 e. The fraction of sp³-hybridized carbons (Fsp3) is 0. The second-order valence-electron chi connectivity index (χ2n) is 2.67. The van der Waals surface area contributed by atoms with Crippen LogP contribution in [0.2, 0.25) is 0 Å². The van der Waals surface area contributed by atoms with Crippen molar-refractivity contribution in [3.8, 4) is 0 Å². The first-order valence-corrected chi connectivity index (χ1v) is 4.45. The SMILES string of the molecule is O=[N+]([O-])C=Cc1ccccc1.c1cn[nH]n1. The van der Waals surface area contributed by atoms with Crippen LogP contribution < -0.4 is 0 Å². The van der Waals surface area contributed by atoms with E-state index in [1.807, 2.05) is 18.2 Å². The number of hydrogen-bond acceptors (Lipinski definition) is 4. The van der Waals surface area contributed by atoms with Crippen molar-refractivity contribution in [2.24, 2.45) is 0 Å². The molecule has 6 heteroatoms. The number of nitrogens with one attached hydrogen (secondary N) is 1. The van der Waals surface area contributed by atoms with Crippen molar-refractivity contribution >= 4 is 6.08 Å². The molecule has 2 aromatic rings. The van der Waals surface area contributed by atoms with Gasteiger partial charge in [-0.3, -0.25) is 10.1 Å². The van der Waals surface area contributed by atoms with Gasteiger partial charge in [-0.05, 0) is 5.56 Å². The molecule has 0 unspecified atom stereocenters. The molecule has 0 aliphatic rings.